The third-order valence-electron chi connectivity index (χ3n) is 3.04. The summed E-state index contributed by atoms with van der Waals surface area (Å²) < 4.78 is 0. The van der Waals surface area contributed by atoms with E-state index < -0.39 is 0 Å². The second-order valence-electron chi connectivity index (χ2n) is 5.73. The van der Waals surface area contributed by atoms with Crippen LogP contribution in [0, 0.1) is 0 Å². The Hall–Kier alpha value is -0.861. The number of halogens is 2. The topological polar surface area (TPSA) is 25.2 Å². The van der Waals surface area contributed by atoms with Gasteiger partial charge in [0.1, 0.15) is 0 Å². The Bertz CT molecular complexity index is 608. The molecule has 0 unspecified atom stereocenters. The minimum atomic E-state index is 0.0878. The van der Waals surface area contributed by atoms with Crippen molar-refractivity contribution in [2.24, 2.45) is 4.99 Å². The molecule has 0 N–H and O–H groups in total. The summed E-state index contributed by atoms with van der Waals surface area (Å²) in [6, 6.07) is 14.2. The van der Waals surface area contributed by atoms with Crippen molar-refractivity contribution in [1.82, 2.24) is 4.98 Å². The van der Waals surface area contributed by atoms with Crippen LogP contribution in [0.4, 0.5) is 5.69 Å². The predicted octanol–water partition coefficient (Wildman–Crippen LogP) is 5.90. The van der Waals surface area contributed by atoms with Crippen LogP contribution in [-0.4, -0.2) is 10.7 Å². The van der Waals surface area contributed by atoms with Crippen molar-refractivity contribution in [3.05, 3.63) is 59.9 Å². The van der Waals surface area contributed by atoms with Crippen molar-refractivity contribution in [1.29, 1.82) is 0 Å². The van der Waals surface area contributed by atoms with Crippen LogP contribution in [0.5, 0.6) is 0 Å². The summed E-state index contributed by atoms with van der Waals surface area (Å²) >= 11 is 0.194. The molecule has 0 spiro atoms. The Morgan fingerprint density at radius 2 is 1.64 bits per heavy atom. The van der Waals surface area contributed by atoms with E-state index in [1.165, 1.54) is 5.56 Å². The standard InChI is InChI=1S/C17H20N2.2ClH.Fe/c1-13(15-10-7-8-12-18-15)19-16-11-6-5-9-14(16)17(2,3)4;;;/h5-12H,1-4H3;2*1H;/q;;;+2/p-2. The third kappa shape index (κ3) is 6.10. The molecule has 120 valence electrons. The van der Waals surface area contributed by atoms with Gasteiger partial charge in [-0.05, 0) is 36.1 Å². The Morgan fingerprint density at radius 1 is 1.05 bits per heavy atom. The van der Waals surface area contributed by atoms with Crippen LogP contribution in [0.2, 0.25) is 0 Å². The average molecular weight is 379 g/mol. The van der Waals surface area contributed by atoms with Crippen LogP contribution in [0.15, 0.2) is 53.7 Å². The SMILES string of the molecule is CC(=Nc1ccccc1C(C)(C)C)c1ccccn1.[Cl][Fe][Cl]. The van der Waals surface area contributed by atoms with E-state index in [2.05, 4.69) is 44.0 Å². The summed E-state index contributed by atoms with van der Waals surface area (Å²) in [7, 11) is 9.53. The van der Waals surface area contributed by atoms with Crippen molar-refractivity contribution in [3.8, 4) is 0 Å². The molecular formula is C17H20Cl2FeN2. The van der Waals surface area contributed by atoms with Crippen molar-refractivity contribution in [2.45, 2.75) is 33.1 Å². The zero-order valence-corrected chi connectivity index (χ0v) is 15.7. The molecule has 0 saturated heterocycles. The first kappa shape index (κ1) is 19.2. The molecule has 2 rings (SSSR count). The molecule has 0 aliphatic rings. The first-order valence-electron chi connectivity index (χ1n) is 6.81. The first-order valence-corrected chi connectivity index (χ1v) is 9.85. The maximum atomic E-state index is 4.76. The van der Waals surface area contributed by atoms with Crippen molar-refractivity contribution >= 4 is 31.6 Å². The van der Waals surface area contributed by atoms with Crippen LogP contribution >= 0.6 is 20.2 Å². The fraction of sp³-hybridized carbons (Fsp3) is 0.294. The molecule has 0 saturated carbocycles. The Morgan fingerprint density at radius 3 is 2.18 bits per heavy atom. The Kier molecular flexibility index (Phi) is 8.13. The third-order valence-corrected chi connectivity index (χ3v) is 3.04. The fourth-order valence-electron chi connectivity index (χ4n) is 2.02. The van der Waals surface area contributed by atoms with Gasteiger partial charge in [-0.15, -0.1) is 0 Å². The average Bonchev–Trinajstić information content (AvgIpc) is 2.48. The molecule has 2 aromatic rings. The Labute approximate surface area is 147 Å². The van der Waals surface area contributed by atoms with Crippen molar-refractivity contribution in [2.75, 3.05) is 0 Å². The summed E-state index contributed by atoms with van der Waals surface area (Å²) in [4.78, 5) is 9.09. The van der Waals surface area contributed by atoms with Gasteiger partial charge in [-0.25, -0.2) is 0 Å². The van der Waals surface area contributed by atoms with Crippen LogP contribution in [0.1, 0.15) is 39.0 Å². The van der Waals surface area contributed by atoms with Gasteiger partial charge in [0.05, 0.1) is 17.1 Å². The van der Waals surface area contributed by atoms with Crippen molar-refractivity contribution < 1.29 is 13.1 Å². The van der Waals surface area contributed by atoms with Crippen LogP contribution in [0.25, 0.3) is 0 Å². The zero-order valence-electron chi connectivity index (χ0n) is 13.1. The van der Waals surface area contributed by atoms with Gasteiger partial charge in [-0.3, -0.25) is 9.98 Å². The van der Waals surface area contributed by atoms with Gasteiger partial charge in [-0.1, -0.05) is 45.0 Å². The molecule has 2 nitrogen and oxygen atoms in total. The number of rotatable bonds is 2. The normalized spacial score (nSPS) is 11.8. The second-order valence-corrected chi connectivity index (χ2v) is 7.55. The molecule has 1 aromatic carbocycles. The summed E-state index contributed by atoms with van der Waals surface area (Å²) in [5.74, 6) is 0. The molecular weight excluding hydrogens is 359 g/mol. The number of pyridine rings is 1. The van der Waals surface area contributed by atoms with E-state index in [0.29, 0.717) is 0 Å². The monoisotopic (exact) mass is 378 g/mol. The molecule has 5 heteroatoms. The van der Waals surface area contributed by atoms with Gasteiger partial charge in [0.25, 0.3) is 0 Å². The fourth-order valence-corrected chi connectivity index (χ4v) is 2.02. The second kappa shape index (κ2) is 9.32. The van der Waals surface area contributed by atoms with E-state index in [0.717, 1.165) is 17.1 Å². The van der Waals surface area contributed by atoms with Gasteiger partial charge < -0.3 is 0 Å². The molecule has 0 aliphatic heterocycles. The number of hydrogen-bond donors (Lipinski definition) is 0. The van der Waals surface area contributed by atoms with Gasteiger partial charge in [0, 0.05) is 6.20 Å². The molecule has 1 aromatic heterocycles. The maximum absolute atomic E-state index is 4.76. The molecule has 0 fully saturated rings. The number of hydrogen-bond acceptors (Lipinski definition) is 2. The van der Waals surface area contributed by atoms with E-state index >= 15 is 0 Å². The molecule has 0 radical (unpaired) electrons. The minimum absolute atomic E-state index is 0.0878. The summed E-state index contributed by atoms with van der Waals surface area (Å²) in [6.45, 7) is 8.62. The zero-order chi connectivity index (χ0) is 16.6. The van der Waals surface area contributed by atoms with Gasteiger partial charge >= 0.3 is 33.3 Å². The van der Waals surface area contributed by atoms with Gasteiger partial charge in [0.15, 0.2) is 0 Å². The molecule has 1 heterocycles. The molecule has 0 bridgehead atoms. The van der Waals surface area contributed by atoms with Crippen LogP contribution in [0.3, 0.4) is 0 Å². The number of nitrogens with zero attached hydrogens (tertiary/aromatic N) is 2. The number of para-hydroxylation sites is 1. The first-order chi connectivity index (χ1) is 10.4. The van der Waals surface area contributed by atoms with E-state index in [-0.39, 0.29) is 18.5 Å². The van der Waals surface area contributed by atoms with E-state index in [4.69, 9.17) is 25.2 Å². The van der Waals surface area contributed by atoms with E-state index in [9.17, 15) is 0 Å². The molecule has 0 amide bonds. The molecule has 0 aliphatic carbocycles. The molecule has 0 atom stereocenters. The molecule has 22 heavy (non-hydrogen) atoms. The van der Waals surface area contributed by atoms with Crippen LogP contribution < -0.4 is 0 Å². The van der Waals surface area contributed by atoms with Gasteiger partial charge in [0.2, 0.25) is 0 Å². The van der Waals surface area contributed by atoms with E-state index in [1.807, 2.05) is 31.2 Å². The van der Waals surface area contributed by atoms with Crippen molar-refractivity contribution in [3.63, 3.8) is 0 Å². The summed E-state index contributed by atoms with van der Waals surface area (Å²) in [5.41, 5.74) is 4.23. The Balaban J connectivity index is 0.000000745. The van der Waals surface area contributed by atoms with Crippen LogP contribution in [-0.2, 0) is 18.5 Å². The number of aliphatic imine (C=N–C) groups is 1. The predicted molar refractivity (Wildman–Crippen MR) is 93.0 cm³/mol. The number of aromatic nitrogens is 1. The van der Waals surface area contributed by atoms with E-state index in [1.54, 1.807) is 6.20 Å². The summed E-state index contributed by atoms with van der Waals surface area (Å²) in [5, 5.41) is 0. The summed E-state index contributed by atoms with van der Waals surface area (Å²) in [6.07, 6.45) is 1.80. The quantitative estimate of drug-likeness (QED) is 0.472. The number of benzene rings is 1. The van der Waals surface area contributed by atoms with Gasteiger partial charge in [-0.2, -0.15) is 0 Å².